The van der Waals surface area contributed by atoms with E-state index in [0.717, 1.165) is 11.0 Å². The molecule has 1 N–H and O–H groups in total. The second-order valence-electron chi connectivity index (χ2n) is 1.81. The molecule has 0 radical (unpaired) electrons. The number of hydrogen-bond acceptors (Lipinski definition) is 2. The molecule has 0 amide bonds. The monoisotopic (exact) mass is 283 g/mol. The second kappa shape index (κ2) is 3.33. The molecule has 0 bridgehead atoms. The summed E-state index contributed by atoms with van der Waals surface area (Å²) in [5, 5.41) is 10.3. The third kappa shape index (κ3) is 1.31. The SMILES string of the molecule is [Dy].c1ccc2n[nH]nc2c1. The van der Waals surface area contributed by atoms with Gasteiger partial charge >= 0.3 is 0 Å². The number of fused-ring (bicyclic) bond motifs is 1. The van der Waals surface area contributed by atoms with Gasteiger partial charge in [0.2, 0.25) is 0 Å². The summed E-state index contributed by atoms with van der Waals surface area (Å²) in [5.41, 5.74) is 1.83. The minimum atomic E-state index is 0. The van der Waals surface area contributed by atoms with Crippen LogP contribution in [0.15, 0.2) is 24.3 Å². The molecule has 0 aliphatic carbocycles. The molecule has 2 rings (SSSR count). The second-order valence-corrected chi connectivity index (χ2v) is 1.81. The zero-order valence-electron chi connectivity index (χ0n) is 5.02. The van der Waals surface area contributed by atoms with Crippen LogP contribution in [-0.4, -0.2) is 15.4 Å². The Balaban J connectivity index is 0.000000500. The molecule has 10 heavy (non-hydrogen) atoms. The number of aromatic nitrogens is 3. The third-order valence-electron chi connectivity index (χ3n) is 1.22. The van der Waals surface area contributed by atoms with E-state index in [9.17, 15) is 0 Å². The van der Waals surface area contributed by atoms with E-state index in [1.807, 2.05) is 24.3 Å². The van der Waals surface area contributed by atoms with Crippen molar-refractivity contribution < 1.29 is 38.2 Å². The summed E-state index contributed by atoms with van der Waals surface area (Å²) in [5.74, 6) is 0. The van der Waals surface area contributed by atoms with Crippen molar-refractivity contribution in [2.45, 2.75) is 0 Å². The number of nitrogens with zero attached hydrogens (tertiary/aromatic N) is 2. The number of H-pyrrole nitrogens is 1. The Morgan fingerprint density at radius 3 is 2.00 bits per heavy atom. The summed E-state index contributed by atoms with van der Waals surface area (Å²) >= 11 is 0. The molecular formula is C6H5DyN3. The molecule has 3 nitrogen and oxygen atoms in total. The zero-order valence-corrected chi connectivity index (χ0v) is 7.05. The van der Waals surface area contributed by atoms with Gasteiger partial charge in [0.25, 0.3) is 0 Å². The van der Waals surface area contributed by atoms with Crippen molar-refractivity contribution in [1.29, 1.82) is 0 Å². The van der Waals surface area contributed by atoms with Crippen molar-refractivity contribution in [3.05, 3.63) is 24.3 Å². The van der Waals surface area contributed by atoms with Crippen LogP contribution in [0, 0.1) is 38.2 Å². The Bertz CT molecular complexity index is 287. The van der Waals surface area contributed by atoms with Crippen LogP contribution >= 0.6 is 0 Å². The molecule has 0 saturated heterocycles. The van der Waals surface area contributed by atoms with E-state index in [-0.39, 0.29) is 38.2 Å². The molecule has 0 aliphatic heterocycles. The number of nitrogens with one attached hydrogen (secondary N) is 1. The van der Waals surface area contributed by atoms with E-state index in [1.54, 1.807) is 0 Å². The smallest absolute Gasteiger partial charge is 0.112 e. The van der Waals surface area contributed by atoms with E-state index in [4.69, 9.17) is 0 Å². The van der Waals surface area contributed by atoms with Crippen LogP contribution in [0.3, 0.4) is 0 Å². The molecule has 0 fully saturated rings. The standard InChI is InChI=1S/C6H5N3.Dy/c1-2-4-6-5(3-1)7-9-8-6;/h1-4H,(H,7,8,9);. The summed E-state index contributed by atoms with van der Waals surface area (Å²) in [7, 11) is 0. The molecule has 1 heterocycles. The summed E-state index contributed by atoms with van der Waals surface area (Å²) in [4.78, 5) is 0. The first kappa shape index (κ1) is 7.99. The molecule has 0 atom stereocenters. The van der Waals surface area contributed by atoms with E-state index in [0.29, 0.717) is 0 Å². The van der Waals surface area contributed by atoms with E-state index >= 15 is 0 Å². The average Bonchev–Trinajstić information content (AvgIpc) is 2.33. The number of hydrogen-bond donors (Lipinski definition) is 1. The van der Waals surface area contributed by atoms with Gasteiger partial charge in [-0.3, -0.25) is 0 Å². The van der Waals surface area contributed by atoms with Gasteiger partial charge in [-0.2, -0.15) is 15.4 Å². The van der Waals surface area contributed by atoms with Crippen LogP contribution in [0.4, 0.5) is 0 Å². The van der Waals surface area contributed by atoms with Gasteiger partial charge in [0.15, 0.2) is 0 Å². The Morgan fingerprint density at radius 1 is 1.00 bits per heavy atom. The van der Waals surface area contributed by atoms with Gasteiger partial charge in [0.05, 0.1) is 0 Å². The largest absolute Gasteiger partial charge is 0.197 e. The minimum Gasteiger partial charge on any atom is -0.197 e. The molecule has 0 aliphatic rings. The fourth-order valence-corrected chi connectivity index (χ4v) is 0.786. The average molecular weight is 282 g/mol. The predicted octanol–water partition coefficient (Wildman–Crippen LogP) is 0.958. The number of aromatic amines is 1. The summed E-state index contributed by atoms with van der Waals surface area (Å²) in [6.07, 6.45) is 0. The van der Waals surface area contributed by atoms with Crippen molar-refractivity contribution in [3.63, 3.8) is 0 Å². The molecule has 4 heteroatoms. The Morgan fingerprint density at radius 2 is 1.50 bits per heavy atom. The van der Waals surface area contributed by atoms with Crippen LogP contribution in [0.2, 0.25) is 0 Å². The quantitative estimate of drug-likeness (QED) is 0.781. The number of benzene rings is 1. The maximum atomic E-state index is 3.88. The molecule has 0 saturated carbocycles. The van der Waals surface area contributed by atoms with Crippen LogP contribution in [0.5, 0.6) is 0 Å². The molecule has 54 valence electrons. The van der Waals surface area contributed by atoms with Crippen LogP contribution in [0.25, 0.3) is 11.0 Å². The number of para-hydroxylation sites is 2. The van der Waals surface area contributed by atoms with Crippen LogP contribution < -0.4 is 0 Å². The molecule has 0 spiro atoms. The van der Waals surface area contributed by atoms with E-state index < -0.39 is 0 Å². The van der Waals surface area contributed by atoms with Gasteiger partial charge in [0.1, 0.15) is 11.0 Å². The van der Waals surface area contributed by atoms with Crippen molar-refractivity contribution in [3.8, 4) is 0 Å². The first-order chi connectivity index (χ1) is 4.47. The van der Waals surface area contributed by atoms with E-state index in [1.165, 1.54) is 0 Å². The van der Waals surface area contributed by atoms with Crippen LogP contribution in [-0.2, 0) is 0 Å². The maximum Gasteiger partial charge on any atom is 0.112 e. The first-order valence-electron chi connectivity index (χ1n) is 2.72. The maximum absolute atomic E-state index is 3.88. The first-order valence-corrected chi connectivity index (χ1v) is 2.72. The normalized spacial score (nSPS) is 9.20. The van der Waals surface area contributed by atoms with Crippen molar-refractivity contribution in [2.75, 3.05) is 0 Å². The summed E-state index contributed by atoms with van der Waals surface area (Å²) < 4.78 is 0. The predicted molar refractivity (Wildman–Crippen MR) is 33.9 cm³/mol. The Kier molecular flexibility index (Phi) is 2.66. The minimum absolute atomic E-state index is 0. The summed E-state index contributed by atoms with van der Waals surface area (Å²) in [6.45, 7) is 0. The van der Waals surface area contributed by atoms with E-state index in [2.05, 4.69) is 15.4 Å². The molecule has 0 unspecified atom stereocenters. The molecule has 2 aromatic rings. The van der Waals surface area contributed by atoms with Gasteiger partial charge in [0, 0.05) is 38.2 Å². The Labute approximate surface area is 88.2 Å². The summed E-state index contributed by atoms with van der Waals surface area (Å²) in [6, 6.07) is 7.70. The fourth-order valence-electron chi connectivity index (χ4n) is 0.786. The van der Waals surface area contributed by atoms with Gasteiger partial charge in [-0.15, -0.1) is 0 Å². The molecule has 1 aromatic carbocycles. The third-order valence-corrected chi connectivity index (χ3v) is 1.22. The molecule has 1 aromatic heterocycles. The van der Waals surface area contributed by atoms with Gasteiger partial charge in [-0.05, 0) is 12.1 Å². The molecular weight excluding hydrogens is 277 g/mol. The van der Waals surface area contributed by atoms with Gasteiger partial charge < -0.3 is 0 Å². The Hall–Kier alpha value is -0.107. The van der Waals surface area contributed by atoms with Crippen molar-refractivity contribution in [2.24, 2.45) is 0 Å². The van der Waals surface area contributed by atoms with Crippen LogP contribution in [0.1, 0.15) is 0 Å². The number of rotatable bonds is 0. The van der Waals surface area contributed by atoms with Gasteiger partial charge in [-0.1, -0.05) is 12.1 Å². The topological polar surface area (TPSA) is 41.6 Å². The van der Waals surface area contributed by atoms with Crippen molar-refractivity contribution in [1.82, 2.24) is 15.4 Å². The fraction of sp³-hybridized carbons (Fsp3) is 0. The van der Waals surface area contributed by atoms with Gasteiger partial charge in [-0.25, -0.2) is 0 Å². The van der Waals surface area contributed by atoms with Crippen molar-refractivity contribution >= 4 is 11.0 Å². The zero-order chi connectivity index (χ0) is 6.10.